The molecular weight excluding hydrogens is 276 g/mol. The van der Waals surface area contributed by atoms with Gasteiger partial charge in [-0.1, -0.05) is 6.07 Å². The number of carbonyl (C=O) groups excluding carboxylic acids is 2. The van der Waals surface area contributed by atoms with Crippen LogP contribution in [0.1, 0.15) is 31.2 Å². The number of carbonyl (C=O) groups is 2. The van der Waals surface area contributed by atoms with Crippen molar-refractivity contribution >= 4 is 23.2 Å². The van der Waals surface area contributed by atoms with E-state index >= 15 is 0 Å². The van der Waals surface area contributed by atoms with Gasteiger partial charge >= 0.3 is 0 Å². The Hall–Kier alpha value is -1.40. The first-order valence-corrected chi connectivity index (χ1v) is 7.64. The van der Waals surface area contributed by atoms with Crippen LogP contribution in [0.4, 0.5) is 0 Å². The van der Waals surface area contributed by atoms with Crippen LogP contribution in [-0.2, 0) is 14.3 Å². The van der Waals surface area contributed by atoms with Gasteiger partial charge in [0.15, 0.2) is 0 Å². The van der Waals surface area contributed by atoms with Gasteiger partial charge in [-0.05, 0) is 18.4 Å². The minimum absolute atomic E-state index is 0.0623. The summed E-state index contributed by atoms with van der Waals surface area (Å²) in [6.45, 7) is 5.26. The van der Waals surface area contributed by atoms with Crippen molar-refractivity contribution in [3.05, 3.63) is 22.4 Å². The number of morpholine rings is 1. The first-order valence-electron chi connectivity index (χ1n) is 6.76. The van der Waals surface area contributed by atoms with Gasteiger partial charge in [0.1, 0.15) is 0 Å². The van der Waals surface area contributed by atoms with E-state index in [-0.39, 0.29) is 24.0 Å². The first-order chi connectivity index (χ1) is 9.56. The van der Waals surface area contributed by atoms with Crippen molar-refractivity contribution in [3.63, 3.8) is 0 Å². The first kappa shape index (κ1) is 15.0. The van der Waals surface area contributed by atoms with Crippen LogP contribution in [0.3, 0.4) is 0 Å². The predicted molar refractivity (Wildman–Crippen MR) is 77.5 cm³/mol. The molecule has 0 aromatic carbocycles. The summed E-state index contributed by atoms with van der Waals surface area (Å²) in [5, 5.41) is 4.81. The van der Waals surface area contributed by atoms with Crippen LogP contribution in [-0.4, -0.2) is 42.5 Å². The van der Waals surface area contributed by atoms with E-state index in [4.69, 9.17) is 4.74 Å². The van der Waals surface area contributed by atoms with Crippen molar-refractivity contribution in [3.8, 4) is 0 Å². The van der Waals surface area contributed by atoms with Crippen molar-refractivity contribution in [1.82, 2.24) is 10.2 Å². The molecule has 2 amide bonds. The van der Waals surface area contributed by atoms with Crippen molar-refractivity contribution in [2.45, 2.75) is 32.4 Å². The lowest BCUT2D eigenvalue weighted by atomic mass is 10.1. The van der Waals surface area contributed by atoms with Crippen molar-refractivity contribution in [2.24, 2.45) is 0 Å². The second-order valence-corrected chi connectivity index (χ2v) is 5.97. The van der Waals surface area contributed by atoms with Gasteiger partial charge in [-0.15, -0.1) is 11.3 Å². The highest BCUT2D eigenvalue weighted by molar-refractivity contribution is 7.10. The number of thiophene rings is 1. The van der Waals surface area contributed by atoms with Crippen LogP contribution in [0.15, 0.2) is 17.5 Å². The fraction of sp³-hybridized carbons (Fsp3) is 0.571. The lowest BCUT2D eigenvalue weighted by Gasteiger charge is -2.32. The van der Waals surface area contributed by atoms with Crippen molar-refractivity contribution in [2.75, 3.05) is 19.7 Å². The number of ether oxygens (including phenoxy) is 1. The third-order valence-corrected chi connectivity index (χ3v) is 4.22. The summed E-state index contributed by atoms with van der Waals surface area (Å²) in [5.41, 5.74) is 0. The summed E-state index contributed by atoms with van der Waals surface area (Å²) in [4.78, 5) is 26.5. The van der Waals surface area contributed by atoms with Gasteiger partial charge in [0.05, 0.1) is 25.2 Å². The number of amides is 2. The van der Waals surface area contributed by atoms with E-state index in [0.29, 0.717) is 26.1 Å². The van der Waals surface area contributed by atoms with E-state index in [2.05, 4.69) is 5.32 Å². The monoisotopic (exact) mass is 296 g/mol. The zero-order chi connectivity index (χ0) is 14.5. The summed E-state index contributed by atoms with van der Waals surface area (Å²) in [5.74, 6) is -0.0566. The maximum Gasteiger partial charge on any atom is 0.225 e. The molecule has 110 valence electrons. The molecule has 20 heavy (non-hydrogen) atoms. The fourth-order valence-electron chi connectivity index (χ4n) is 2.31. The minimum atomic E-state index is -0.238. The van der Waals surface area contributed by atoms with Crippen LogP contribution in [0, 0.1) is 0 Å². The number of rotatable bonds is 4. The molecule has 5 nitrogen and oxygen atoms in total. The van der Waals surface area contributed by atoms with Crippen LogP contribution >= 0.6 is 11.3 Å². The van der Waals surface area contributed by atoms with Crippen molar-refractivity contribution in [1.29, 1.82) is 0 Å². The number of hydrogen-bond acceptors (Lipinski definition) is 4. The van der Waals surface area contributed by atoms with Crippen LogP contribution < -0.4 is 5.32 Å². The summed E-state index contributed by atoms with van der Waals surface area (Å²) < 4.78 is 5.44. The average Bonchev–Trinajstić information content (AvgIpc) is 2.91. The molecule has 1 saturated heterocycles. The largest absolute Gasteiger partial charge is 0.375 e. The molecule has 1 N–H and O–H groups in total. The van der Waals surface area contributed by atoms with E-state index in [1.165, 1.54) is 6.92 Å². The van der Waals surface area contributed by atoms with E-state index in [1.54, 1.807) is 11.3 Å². The standard InChI is InChI=1S/C14H20N2O3S/c1-10-9-16(5-6-19-10)14(18)8-12(15-11(2)17)13-4-3-7-20-13/h3-4,7,10,12H,5-6,8-9H2,1-2H3,(H,15,17)/t10-,12+/m0/s1. The van der Waals surface area contributed by atoms with E-state index in [9.17, 15) is 9.59 Å². The number of nitrogens with zero attached hydrogens (tertiary/aromatic N) is 1. The second kappa shape index (κ2) is 6.85. The molecule has 1 fully saturated rings. The van der Waals surface area contributed by atoms with E-state index in [1.807, 2.05) is 29.3 Å². The molecule has 0 bridgehead atoms. The Bertz CT molecular complexity index is 461. The highest BCUT2D eigenvalue weighted by atomic mass is 32.1. The maximum absolute atomic E-state index is 12.4. The Kier molecular flexibility index (Phi) is 5.14. The topological polar surface area (TPSA) is 58.6 Å². The molecule has 1 aromatic heterocycles. The molecule has 2 heterocycles. The molecule has 2 atom stereocenters. The Morgan fingerprint density at radius 2 is 2.40 bits per heavy atom. The normalized spacial score (nSPS) is 20.5. The molecule has 0 unspecified atom stereocenters. The lowest BCUT2D eigenvalue weighted by Crippen LogP contribution is -2.45. The third-order valence-electron chi connectivity index (χ3n) is 3.24. The lowest BCUT2D eigenvalue weighted by molar-refractivity contribution is -0.138. The molecular formula is C14H20N2O3S. The van der Waals surface area contributed by atoms with Crippen LogP contribution in [0.5, 0.6) is 0 Å². The third kappa shape index (κ3) is 4.05. The molecule has 0 spiro atoms. The number of hydrogen-bond donors (Lipinski definition) is 1. The fourth-order valence-corrected chi connectivity index (χ4v) is 3.08. The van der Waals surface area contributed by atoms with Gasteiger partial charge in [0.2, 0.25) is 11.8 Å². The predicted octanol–water partition coefficient (Wildman–Crippen LogP) is 1.56. The Labute approximate surface area is 122 Å². The molecule has 6 heteroatoms. The second-order valence-electron chi connectivity index (χ2n) is 4.99. The molecule has 0 radical (unpaired) electrons. The van der Waals surface area contributed by atoms with E-state index < -0.39 is 0 Å². The molecule has 1 aliphatic rings. The van der Waals surface area contributed by atoms with Crippen molar-refractivity contribution < 1.29 is 14.3 Å². The maximum atomic E-state index is 12.4. The molecule has 1 aliphatic heterocycles. The van der Waals surface area contributed by atoms with E-state index in [0.717, 1.165) is 4.88 Å². The molecule has 0 aliphatic carbocycles. The highest BCUT2D eigenvalue weighted by Gasteiger charge is 2.25. The zero-order valence-corrected chi connectivity index (χ0v) is 12.6. The molecule has 1 aromatic rings. The van der Waals surface area contributed by atoms with Gasteiger partial charge in [-0.2, -0.15) is 0 Å². The zero-order valence-electron chi connectivity index (χ0n) is 11.8. The van der Waals surface area contributed by atoms with Crippen LogP contribution in [0.25, 0.3) is 0 Å². The van der Waals surface area contributed by atoms with Gasteiger partial charge in [-0.25, -0.2) is 0 Å². The summed E-state index contributed by atoms with van der Waals surface area (Å²) >= 11 is 1.55. The summed E-state index contributed by atoms with van der Waals surface area (Å²) in [7, 11) is 0. The highest BCUT2D eigenvalue weighted by Crippen LogP contribution is 2.23. The minimum Gasteiger partial charge on any atom is -0.375 e. The number of nitrogens with one attached hydrogen (secondary N) is 1. The SMILES string of the molecule is CC(=O)N[C@H](CC(=O)N1CCO[C@@H](C)C1)c1cccs1. The van der Waals surface area contributed by atoms with Crippen LogP contribution in [0.2, 0.25) is 0 Å². The summed E-state index contributed by atoms with van der Waals surface area (Å²) in [6.07, 6.45) is 0.376. The Morgan fingerprint density at radius 1 is 1.60 bits per heavy atom. The smallest absolute Gasteiger partial charge is 0.225 e. The van der Waals surface area contributed by atoms with Gasteiger partial charge in [0.25, 0.3) is 0 Å². The average molecular weight is 296 g/mol. The summed E-state index contributed by atoms with van der Waals surface area (Å²) in [6, 6.07) is 3.63. The quantitative estimate of drug-likeness (QED) is 0.917. The van der Waals surface area contributed by atoms with Gasteiger partial charge in [-0.3, -0.25) is 9.59 Å². The van der Waals surface area contributed by atoms with Gasteiger partial charge < -0.3 is 15.0 Å². The Balaban J connectivity index is 2.00. The Morgan fingerprint density at radius 3 is 3.00 bits per heavy atom. The van der Waals surface area contributed by atoms with Gasteiger partial charge in [0, 0.05) is 24.9 Å². The molecule has 0 saturated carbocycles. The molecule has 2 rings (SSSR count).